The van der Waals surface area contributed by atoms with E-state index in [1.807, 2.05) is 26.0 Å². The summed E-state index contributed by atoms with van der Waals surface area (Å²) in [4.78, 5) is 16.5. The normalized spacial score (nSPS) is 12.1. The summed E-state index contributed by atoms with van der Waals surface area (Å²) in [6, 6.07) is 7.52. The summed E-state index contributed by atoms with van der Waals surface area (Å²) >= 11 is 3.36. The number of aliphatic imine (C=N–C) groups is 1. The Bertz CT molecular complexity index is 543. The number of ether oxygens (including phenoxy) is 1. The van der Waals surface area contributed by atoms with Crippen LogP contribution in [0.25, 0.3) is 0 Å². The van der Waals surface area contributed by atoms with Crippen LogP contribution in [0.3, 0.4) is 0 Å². The minimum Gasteiger partial charge on any atom is -0.383 e. The first-order chi connectivity index (χ1) is 11.6. The van der Waals surface area contributed by atoms with Gasteiger partial charge >= 0.3 is 0 Å². The molecule has 0 aromatic heterocycles. The van der Waals surface area contributed by atoms with Crippen LogP contribution in [0.1, 0.15) is 30.6 Å². The monoisotopic (exact) mass is 526 g/mol. The smallest absolute Gasteiger partial charge is 0.251 e. The van der Waals surface area contributed by atoms with Crippen LogP contribution in [0.4, 0.5) is 0 Å². The third kappa shape index (κ3) is 10.7. The maximum Gasteiger partial charge on any atom is 0.251 e. The molecule has 1 unspecified atom stereocenters. The van der Waals surface area contributed by atoms with Crippen LogP contribution in [0, 0.1) is 0 Å². The number of nitrogens with zero attached hydrogens (tertiary/aromatic N) is 1. The van der Waals surface area contributed by atoms with E-state index in [1.54, 1.807) is 19.2 Å². The zero-order valence-electron chi connectivity index (χ0n) is 15.0. The van der Waals surface area contributed by atoms with Gasteiger partial charge in [0.25, 0.3) is 5.91 Å². The summed E-state index contributed by atoms with van der Waals surface area (Å²) in [5, 5.41) is 9.37. The molecule has 0 saturated carbocycles. The molecule has 0 saturated heterocycles. The molecule has 1 aromatic carbocycles. The molecule has 142 valence electrons. The molecular weight excluding hydrogens is 499 g/mol. The summed E-state index contributed by atoms with van der Waals surface area (Å²) in [6.07, 6.45) is 0.773. The van der Waals surface area contributed by atoms with Gasteiger partial charge in [-0.25, -0.2) is 0 Å². The molecule has 1 rings (SSSR count). The predicted octanol–water partition coefficient (Wildman–Crippen LogP) is 2.78. The molecule has 1 atom stereocenters. The van der Waals surface area contributed by atoms with Gasteiger partial charge in [-0.05, 0) is 38.5 Å². The second-order valence-electron chi connectivity index (χ2n) is 5.38. The van der Waals surface area contributed by atoms with Gasteiger partial charge in [0.1, 0.15) is 0 Å². The Morgan fingerprint density at radius 3 is 2.76 bits per heavy atom. The number of carbonyl (C=O) groups is 1. The molecule has 0 aliphatic rings. The summed E-state index contributed by atoms with van der Waals surface area (Å²) in [7, 11) is 1.68. The molecule has 0 radical (unpaired) electrons. The Labute approximate surface area is 175 Å². The molecule has 0 spiro atoms. The molecule has 0 heterocycles. The van der Waals surface area contributed by atoms with Crippen molar-refractivity contribution in [2.45, 2.75) is 26.3 Å². The van der Waals surface area contributed by atoms with Crippen LogP contribution in [0.5, 0.6) is 0 Å². The fourth-order valence-corrected chi connectivity index (χ4v) is 2.45. The summed E-state index contributed by atoms with van der Waals surface area (Å²) in [6.45, 7) is 6.69. The average Bonchev–Trinajstić information content (AvgIpc) is 2.54. The molecule has 1 aromatic rings. The predicted molar refractivity (Wildman–Crippen MR) is 117 cm³/mol. The maximum atomic E-state index is 12.0. The minimum atomic E-state index is -0.0703. The molecule has 3 N–H and O–H groups in total. The SMILES string of the molecule is CCNC(=NCCCNC(=O)c1cccc(Br)c1)NC(C)COC.I. The highest BCUT2D eigenvalue weighted by molar-refractivity contribution is 14.0. The van der Waals surface area contributed by atoms with E-state index in [1.165, 1.54) is 0 Å². The van der Waals surface area contributed by atoms with Crippen molar-refractivity contribution in [2.75, 3.05) is 33.4 Å². The van der Waals surface area contributed by atoms with Crippen molar-refractivity contribution in [3.05, 3.63) is 34.3 Å². The molecule has 8 heteroatoms. The minimum absolute atomic E-state index is 0. The maximum absolute atomic E-state index is 12.0. The molecule has 0 bridgehead atoms. The van der Waals surface area contributed by atoms with E-state index in [-0.39, 0.29) is 35.9 Å². The molecule has 0 fully saturated rings. The van der Waals surface area contributed by atoms with Gasteiger partial charge in [-0.3, -0.25) is 9.79 Å². The quantitative estimate of drug-likeness (QED) is 0.200. The Balaban J connectivity index is 0.00000576. The third-order valence-corrected chi connectivity index (χ3v) is 3.61. The number of benzene rings is 1. The first-order valence-electron chi connectivity index (χ1n) is 8.14. The second kappa shape index (κ2) is 14.3. The number of amides is 1. The lowest BCUT2D eigenvalue weighted by Crippen LogP contribution is -2.44. The summed E-state index contributed by atoms with van der Waals surface area (Å²) in [5.74, 6) is 0.694. The molecule has 1 amide bonds. The Kier molecular flexibility index (Phi) is 13.8. The highest BCUT2D eigenvalue weighted by Crippen LogP contribution is 2.11. The van der Waals surface area contributed by atoms with Crippen molar-refractivity contribution in [3.8, 4) is 0 Å². The molecule has 0 aliphatic carbocycles. The van der Waals surface area contributed by atoms with Crippen molar-refractivity contribution in [1.82, 2.24) is 16.0 Å². The standard InChI is InChI=1S/C17H27BrN4O2.HI/c1-4-19-17(22-13(2)12-24-3)21-10-6-9-20-16(23)14-7-5-8-15(18)11-14;/h5,7-8,11,13H,4,6,9-10,12H2,1-3H3,(H,20,23)(H2,19,21,22);1H. The number of carbonyl (C=O) groups excluding carboxylic acids is 1. The van der Waals surface area contributed by atoms with Gasteiger partial charge in [-0.1, -0.05) is 22.0 Å². The average molecular weight is 527 g/mol. The fraction of sp³-hybridized carbons (Fsp3) is 0.529. The van der Waals surface area contributed by atoms with Crippen LogP contribution in [-0.4, -0.2) is 51.3 Å². The van der Waals surface area contributed by atoms with Crippen molar-refractivity contribution >= 4 is 51.8 Å². The van der Waals surface area contributed by atoms with Gasteiger partial charge in [0, 0.05) is 42.8 Å². The van der Waals surface area contributed by atoms with Crippen molar-refractivity contribution in [3.63, 3.8) is 0 Å². The lowest BCUT2D eigenvalue weighted by molar-refractivity contribution is 0.0953. The van der Waals surface area contributed by atoms with Gasteiger partial charge in [-0.2, -0.15) is 0 Å². The molecular formula is C17H28BrIN4O2. The zero-order chi connectivity index (χ0) is 17.8. The molecule has 6 nitrogen and oxygen atoms in total. The number of hydrogen-bond donors (Lipinski definition) is 3. The first kappa shape index (κ1) is 24.1. The van der Waals surface area contributed by atoms with Gasteiger partial charge in [0.2, 0.25) is 0 Å². The van der Waals surface area contributed by atoms with E-state index < -0.39 is 0 Å². The van der Waals surface area contributed by atoms with Crippen molar-refractivity contribution in [1.29, 1.82) is 0 Å². The first-order valence-corrected chi connectivity index (χ1v) is 8.93. The van der Waals surface area contributed by atoms with Gasteiger partial charge < -0.3 is 20.7 Å². The number of nitrogens with one attached hydrogen (secondary N) is 3. The van der Waals surface area contributed by atoms with Gasteiger partial charge in [0.15, 0.2) is 5.96 Å². The van der Waals surface area contributed by atoms with E-state index in [0.29, 0.717) is 25.3 Å². The van der Waals surface area contributed by atoms with E-state index in [4.69, 9.17) is 4.74 Å². The number of methoxy groups -OCH3 is 1. The highest BCUT2D eigenvalue weighted by atomic mass is 127. The van der Waals surface area contributed by atoms with Crippen LogP contribution in [0.2, 0.25) is 0 Å². The Morgan fingerprint density at radius 2 is 2.12 bits per heavy atom. The van der Waals surface area contributed by atoms with Crippen molar-refractivity contribution in [2.24, 2.45) is 4.99 Å². The zero-order valence-corrected chi connectivity index (χ0v) is 18.9. The van der Waals surface area contributed by atoms with Gasteiger partial charge in [0.05, 0.1) is 6.61 Å². The second-order valence-corrected chi connectivity index (χ2v) is 6.30. The molecule has 25 heavy (non-hydrogen) atoms. The number of rotatable bonds is 9. The van der Waals surface area contributed by atoms with Crippen LogP contribution >= 0.6 is 39.9 Å². The Hall–Kier alpha value is -0.870. The topological polar surface area (TPSA) is 74.8 Å². The number of hydrogen-bond acceptors (Lipinski definition) is 3. The fourth-order valence-electron chi connectivity index (χ4n) is 2.05. The Morgan fingerprint density at radius 1 is 1.36 bits per heavy atom. The van der Waals surface area contributed by atoms with Crippen LogP contribution in [0.15, 0.2) is 33.7 Å². The largest absolute Gasteiger partial charge is 0.383 e. The third-order valence-electron chi connectivity index (χ3n) is 3.12. The number of halogens is 2. The van der Waals surface area contributed by atoms with E-state index in [2.05, 4.69) is 36.9 Å². The van der Waals surface area contributed by atoms with Crippen LogP contribution in [-0.2, 0) is 4.74 Å². The van der Waals surface area contributed by atoms with E-state index >= 15 is 0 Å². The lowest BCUT2D eigenvalue weighted by atomic mass is 10.2. The van der Waals surface area contributed by atoms with Gasteiger partial charge in [-0.15, -0.1) is 24.0 Å². The molecule has 0 aliphatic heterocycles. The lowest BCUT2D eigenvalue weighted by Gasteiger charge is -2.17. The van der Waals surface area contributed by atoms with Crippen molar-refractivity contribution < 1.29 is 9.53 Å². The highest BCUT2D eigenvalue weighted by Gasteiger charge is 2.05. The number of guanidine groups is 1. The van der Waals surface area contributed by atoms with E-state index in [9.17, 15) is 4.79 Å². The van der Waals surface area contributed by atoms with Crippen LogP contribution < -0.4 is 16.0 Å². The summed E-state index contributed by atoms with van der Waals surface area (Å²) in [5.41, 5.74) is 0.649. The summed E-state index contributed by atoms with van der Waals surface area (Å²) < 4.78 is 6.00. The van der Waals surface area contributed by atoms with E-state index in [0.717, 1.165) is 23.4 Å².